The van der Waals surface area contributed by atoms with Gasteiger partial charge in [0, 0.05) is 65.2 Å². The van der Waals surface area contributed by atoms with Crippen LogP contribution in [0.25, 0.3) is 92.5 Å². The van der Waals surface area contributed by atoms with Gasteiger partial charge in [-0.1, -0.05) is 134 Å². The summed E-state index contributed by atoms with van der Waals surface area (Å²) >= 11 is 1.84. The van der Waals surface area contributed by atoms with Crippen molar-refractivity contribution in [3.05, 3.63) is 242 Å². The monoisotopic (exact) mass is 821 g/mol. The van der Waals surface area contributed by atoms with E-state index in [0.29, 0.717) is 0 Å². The highest BCUT2D eigenvalue weighted by atomic mass is 32.1. The summed E-state index contributed by atoms with van der Waals surface area (Å²) in [6, 6.07) is 73.9. The SMILES string of the molecule is C=C1/C=C(c2ccc3sc4ccccc4c3c2)\C=C/N(c2cccc(-c3cccc(-c4ccccc4)n3)c2)c2ccc(-c3ccc4c5ccccc5n(-c5ccccc5)c4c3)cc21. The van der Waals surface area contributed by atoms with Crippen LogP contribution in [0.2, 0.25) is 0 Å². The van der Waals surface area contributed by atoms with Crippen molar-refractivity contribution in [3.63, 3.8) is 0 Å². The minimum Gasteiger partial charge on any atom is -0.317 e. The van der Waals surface area contributed by atoms with Crippen LogP contribution in [-0.2, 0) is 0 Å². The molecule has 0 saturated heterocycles. The number of aromatic nitrogens is 2. The summed E-state index contributed by atoms with van der Waals surface area (Å²) in [6.45, 7) is 4.79. The number of anilines is 2. The Labute approximate surface area is 370 Å². The van der Waals surface area contributed by atoms with E-state index in [1.807, 2.05) is 17.4 Å². The second-order valence-corrected chi connectivity index (χ2v) is 17.2. The first-order valence-electron chi connectivity index (χ1n) is 21.3. The summed E-state index contributed by atoms with van der Waals surface area (Å²) in [5.74, 6) is 0. The summed E-state index contributed by atoms with van der Waals surface area (Å²) in [5, 5.41) is 5.04. The van der Waals surface area contributed by atoms with E-state index in [1.54, 1.807) is 0 Å². The highest BCUT2D eigenvalue weighted by molar-refractivity contribution is 7.25. The highest BCUT2D eigenvalue weighted by Gasteiger charge is 2.20. The van der Waals surface area contributed by atoms with E-state index in [-0.39, 0.29) is 0 Å². The van der Waals surface area contributed by atoms with E-state index in [9.17, 15) is 0 Å². The smallest absolute Gasteiger partial charge is 0.0710 e. The molecule has 12 rings (SSSR count). The number of para-hydroxylation sites is 2. The summed E-state index contributed by atoms with van der Waals surface area (Å²) in [4.78, 5) is 7.43. The van der Waals surface area contributed by atoms with Gasteiger partial charge in [0.15, 0.2) is 0 Å². The number of nitrogens with zero attached hydrogens (tertiary/aromatic N) is 3. The Balaban J connectivity index is 1.01. The van der Waals surface area contributed by atoms with Gasteiger partial charge in [0.25, 0.3) is 0 Å². The van der Waals surface area contributed by atoms with Crippen LogP contribution in [0, 0.1) is 0 Å². The minimum atomic E-state index is 0.925. The van der Waals surface area contributed by atoms with Gasteiger partial charge < -0.3 is 9.47 Å². The molecule has 1 aliphatic rings. The van der Waals surface area contributed by atoms with Crippen LogP contribution in [0.4, 0.5) is 11.4 Å². The second kappa shape index (κ2) is 15.1. The van der Waals surface area contributed by atoms with Gasteiger partial charge in [-0.05, 0) is 119 Å². The maximum absolute atomic E-state index is 5.13. The van der Waals surface area contributed by atoms with Crippen molar-refractivity contribution in [3.8, 4) is 39.3 Å². The number of benzene rings is 8. The lowest BCUT2D eigenvalue weighted by Gasteiger charge is -2.27. The molecule has 0 atom stereocenters. The number of rotatable bonds is 6. The molecular weight excluding hydrogens is 783 g/mol. The maximum atomic E-state index is 5.13. The van der Waals surface area contributed by atoms with Gasteiger partial charge in [0.1, 0.15) is 0 Å². The zero-order valence-electron chi connectivity index (χ0n) is 34.3. The molecule has 0 saturated carbocycles. The van der Waals surface area contributed by atoms with Crippen LogP contribution < -0.4 is 4.90 Å². The Bertz CT molecular complexity index is 3650. The molecule has 4 heterocycles. The second-order valence-electron chi connectivity index (χ2n) is 16.1. The fraction of sp³-hybridized carbons (Fsp3) is 0. The molecule has 296 valence electrons. The fourth-order valence-electron chi connectivity index (χ4n) is 9.23. The van der Waals surface area contributed by atoms with Crippen molar-refractivity contribution in [1.82, 2.24) is 9.55 Å². The molecule has 11 aromatic rings. The average Bonchev–Trinajstić information content (AvgIpc) is 3.89. The number of hydrogen-bond donors (Lipinski definition) is 0. The van der Waals surface area contributed by atoms with Gasteiger partial charge >= 0.3 is 0 Å². The quantitative estimate of drug-likeness (QED) is 0.167. The molecule has 0 unspecified atom stereocenters. The van der Waals surface area contributed by atoms with Crippen molar-refractivity contribution >= 4 is 75.8 Å². The van der Waals surface area contributed by atoms with Crippen molar-refractivity contribution < 1.29 is 0 Å². The van der Waals surface area contributed by atoms with Gasteiger partial charge in [-0.2, -0.15) is 0 Å². The molecule has 0 radical (unpaired) electrons. The molecule has 0 fully saturated rings. The lowest BCUT2D eigenvalue weighted by Crippen LogP contribution is -2.12. The van der Waals surface area contributed by atoms with Crippen LogP contribution in [-0.4, -0.2) is 9.55 Å². The van der Waals surface area contributed by atoms with Crippen LogP contribution in [0.3, 0.4) is 0 Å². The highest BCUT2D eigenvalue weighted by Crippen LogP contribution is 2.43. The molecule has 3 aromatic heterocycles. The summed E-state index contributed by atoms with van der Waals surface area (Å²) in [6.07, 6.45) is 6.69. The lowest BCUT2D eigenvalue weighted by molar-refractivity contribution is 1.18. The summed E-state index contributed by atoms with van der Waals surface area (Å²) < 4.78 is 4.97. The largest absolute Gasteiger partial charge is 0.317 e. The minimum absolute atomic E-state index is 0.925. The molecule has 3 nitrogen and oxygen atoms in total. The zero-order valence-corrected chi connectivity index (χ0v) is 35.1. The third kappa shape index (κ3) is 6.48. The van der Waals surface area contributed by atoms with Gasteiger partial charge in [-0.15, -0.1) is 11.3 Å². The number of thiophene rings is 1. The van der Waals surface area contributed by atoms with Crippen molar-refractivity contribution in [2.24, 2.45) is 0 Å². The van der Waals surface area contributed by atoms with E-state index in [0.717, 1.165) is 73.0 Å². The Morgan fingerprint density at radius 3 is 1.95 bits per heavy atom. The van der Waals surface area contributed by atoms with Gasteiger partial charge in [0.05, 0.1) is 28.1 Å². The number of allylic oxidation sites excluding steroid dienone is 4. The predicted molar refractivity (Wildman–Crippen MR) is 269 cm³/mol. The molecular formula is C59H39N3S. The number of fused-ring (bicyclic) bond motifs is 7. The third-order valence-corrected chi connectivity index (χ3v) is 13.5. The normalized spacial score (nSPS) is 14.1. The van der Waals surface area contributed by atoms with Crippen molar-refractivity contribution in [2.75, 3.05) is 4.90 Å². The molecule has 0 amide bonds. The Morgan fingerprint density at radius 2 is 1.08 bits per heavy atom. The standard InChI is InChI=1S/C59H39N3S/c1-39-34-44(42-28-31-59-52(37-42)50-21-9-11-25-58(50)63-59)32-33-61(47-19-12-16-45(35-47)54-23-13-22-53(60-54)40-14-4-2-5-15-40)55-30-27-41(36-51(39)55)43-26-29-49-48-20-8-10-24-56(48)62(57(49)38-43)46-17-6-3-7-18-46/h2-38H,1H2/b33-32-,44-34+. The lowest BCUT2D eigenvalue weighted by atomic mass is 9.93. The first kappa shape index (κ1) is 36.8. The van der Waals surface area contributed by atoms with E-state index in [2.05, 4.69) is 228 Å². The Hall–Kier alpha value is -8.05. The molecule has 4 heteroatoms. The number of hydrogen-bond acceptors (Lipinski definition) is 3. The molecule has 0 aliphatic carbocycles. The molecule has 8 aromatic carbocycles. The van der Waals surface area contributed by atoms with Crippen LogP contribution in [0.15, 0.2) is 231 Å². The molecule has 1 aliphatic heterocycles. The fourth-order valence-corrected chi connectivity index (χ4v) is 10.3. The average molecular weight is 822 g/mol. The molecule has 0 bridgehead atoms. The van der Waals surface area contributed by atoms with Crippen molar-refractivity contribution in [2.45, 2.75) is 0 Å². The van der Waals surface area contributed by atoms with Crippen LogP contribution in [0.1, 0.15) is 11.1 Å². The van der Waals surface area contributed by atoms with E-state index in [4.69, 9.17) is 11.6 Å². The first-order chi connectivity index (χ1) is 31.1. The Kier molecular flexibility index (Phi) is 8.84. The topological polar surface area (TPSA) is 21.1 Å². The molecule has 0 spiro atoms. The van der Waals surface area contributed by atoms with Crippen LogP contribution in [0.5, 0.6) is 0 Å². The summed E-state index contributed by atoms with van der Waals surface area (Å²) in [5.41, 5.74) is 16.2. The van der Waals surface area contributed by atoms with Gasteiger partial charge in [0.2, 0.25) is 0 Å². The van der Waals surface area contributed by atoms with E-state index >= 15 is 0 Å². The molecule has 63 heavy (non-hydrogen) atoms. The van der Waals surface area contributed by atoms with Gasteiger partial charge in [-0.25, -0.2) is 4.98 Å². The van der Waals surface area contributed by atoms with Crippen molar-refractivity contribution in [1.29, 1.82) is 0 Å². The predicted octanol–water partition coefficient (Wildman–Crippen LogP) is 16.3. The third-order valence-electron chi connectivity index (χ3n) is 12.3. The first-order valence-corrected chi connectivity index (χ1v) is 22.1. The van der Waals surface area contributed by atoms with Gasteiger partial charge in [-0.3, -0.25) is 0 Å². The number of pyridine rings is 1. The zero-order chi connectivity index (χ0) is 41.9. The maximum Gasteiger partial charge on any atom is 0.0710 e. The Morgan fingerprint density at radius 1 is 0.429 bits per heavy atom. The van der Waals surface area contributed by atoms with Crippen LogP contribution >= 0.6 is 11.3 Å². The van der Waals surface area contributed by atoms with E-state index in [1.165, 1.54) is 42.0 Å². The molecule has 0 N–H and O–H groups in total. The summed E-state index contributed by atoms with van der Waals surface area (Å²) in [7, 11) is 0. The van der Waals surface area contributed by atoms with E-state index < -0.39 is 0 Å².